The van der Waals surface area contributed by atoms with Gasteiger partial charge in [0.1, 0.15) is 0 Å². The van der Waals surface area contributed by atoms with Gasteiger partial charge in [-0.2, -0.15) is 0 Å². The maximum Gasteiger partial charge on any atom is 0.0520 e. The Morgan fingerprint density at radius 3 is 2.24 bits per heavy atom. The van der Waals surface area contributed by atoms with Crippen molar-refractivity contribution in [3.63, 3.8) is 0 Å². The van der Waals surface area contributed by atoms with Gasteiger partial charge in [0.25, 0.3) is 0 Å². The Kier molecular flexibility index (Phi) is 12.3. The molecule has 1 nitrogen and oxygen atoms in total. The predicted octanol–water partition coefficient (Wildman–Crippen LogP) is 12.5. The van der Waals surface area contributed by atoms with Gasteiger partial charge in [0.2, 0.25) is 0 Å². The molecule has 0 heterocycles. The number of hydrogen-bond donors (Lipinski definition) is 0. The maximum absolute atomic E-state index is 6.40. The third kappa shape index (κ3) is 7.56. The van der Waals surface area contributed by atoms with Crippen LogP contribution in [0.1, 0.15) is 105 Å². The van der Waals surface area contributed by atoms with E-state index >= 15 is 0 Å². The molecule has 0 spiro atoms. The van der Waals surface area contributed by atoms with E-state index in [0.29, 0.717) is 17.8 Å². The van der Waals surface area contributed by atoms with Gasteiger partial charge in [-0.25, -0.2) is 0 Å². The fraction of sp³-hybridized carbons (Fsp3) is 0.409. The zero-order chi connectivity index (χ0) is 33.5. The van der Waals surface area contributed by atoms with Gasteiger partial charge in [-0.15, -0.1) is 6.42 Å². The molecule has 0 aromatic heterocycles. The zero-order valence-corrected chi connectivity index (χ0v) is 30.0. The molecule has 2 aromatic rings. The Morgan fingerprint density at radius 2 is 1.69 bits per heavy atom. The minimum Gasteiger partial charge on any atom is -0.335 e. The lowest BCUT2D eigenvalue weighted by atomic mass is 9.67. The van der Waals surface area contributed by atoms with Crippen LogP contribution in [0.5, 0.6) is 0 Å². The molecular formula is C44H57N. The van der Waals surface area contributed by atoms with E-state index in [-0.39, 0.29) is 11.5 Å². The van der Waals surface area contributed by atoms with Gasteiger partial charge in [-0.1, -0.05) is 118 Å². The first-order valence-corrected chi connectivity index (χ1v) is 16.8. The number of allylic oxidation sites excluding steroid dienone is 10. The van der Waals surface area contributed by atoms with Gasteiger partial charge >= 0.3 is 0 Å². The van der Waals surface area contributed by atoms with Crippen molar-refractivity contribution < 1.29 is 0 Å². The summed E-state index contributed by atoms with van der Waals surface area (Å²) in [5.74, 6) is 4.63. The van der Waals surface area contributed by atoms with Crippen molar-refractivity contribution in [2.75, 3.05) is 4.90 Å². The van der Waals surface area contributed by atoms with E-state index < -0.39 is 0 Å². The van der Waals surface area contributed by atoms with Crippen molar-refractivity contribution in [2.24, 2.45) is 11.8 Å². The lowest BCUT2D eigenvalue weighted by Gasteiger charge is -2.37. The van der Waals surface area contributed by atoms with Crippen LogP contribution in [-0.2, 0) is 5.41 Å². The molecule has 0 bridgehead atoms. The second kappa shape index (κ2) is 15.5. The number of benzene rings is 2. The molecular weight excluding hydrogens is 542 g/mol. The van der Waals surface area contributed by atoms with Gasteiger partial charge in [-0.3, -0.25) is 0 Å². The third-order valence-electron chi connectivity index (χ3n) is 10.2. The summed E-state index contributed by atoms with van der Waals surface area (Å²) in [6.45, 7) is 28.6. The Morgan fingerprint density at radius 1 is 1.04 bits per heavy atom. The molecule has 1 aliphatic rings. The molecule has 0 saturated heterocycles. The molecule has 0 amide bonds. The summed E-state index contributed by atoms with van der Waals surface area (Å²) in [5.41, 5.74) is 12.1. The summed E-state index contributed by atoms with van der Waals surface area (Å²) in [6, 6.07) is 16.4. The van der Waals surface area contributed by atoms with Crippen LogP contribution in [0.15, 0.2) is 113 Å². The average molecular weight is 600 g/mol. The number of terminal acetylenes is 1. The first kappa shape index (κ1) is 35.7. The van der Waals surface area contributed by atoms with E-state index in [9.17, 15) is 0 Å². The molecule has 45 heavy (non-hydrogen) atoms. The van der Waals surface area contributed by atoms with E-state index in [0.717, 1.165) is 16.7 Å². The van der Waals surface area contributed by atoms with Gasteiger partial charge in [0.15, 0.2) is 0 Å². The lowest BCUT2D eigenvalue weighted by Crippen LogP contribution is -2.32. The van der Waals surface area contributed by atoms with Gasteiger partial charge in [0, 0.05) is 22.4 Å². The zero-order valence-electron chi connectivity index (χ0n) is 30.0. The van der Waals surface area contributed by atoms with Crippen LogP contribution in [-0.4, -0.2) is 6.04 Å². The Labute approximate surface area is 276 Å². The topological polar surface area (TPSA) is 3.24 Å². The quantitative estimate of drug-likeness (QED) is 0.133. The van der Waals surface area contributed by atoms with Crippen LogP contribution in [0.25, 0.3) is 0 Å². The fourth-order valence-electron chi connectivity index (χ4n) is 7.17. The second-order valence-corrected chi connectivity index (χ2v) is 13.7. The van der Waals surface area contributed by atoms with E-state index in [4.69, 9.17) is 6.42 Å². The largest absolute Gasteiger partial charge is 0.335 e. The standard InChI is InChI=1S/C44H57N/c1-14-18-32(8)28-34(10)39(17-4)42(19-15-2)44(13)35(11)40(26-20-30(5)6)41-27-25-38(29-43(41)44)45(36(12)33(9)16-3)37-23-21-31(7)22-24-37/h4,14-16,18-19,21-25,27-30,35-36,40H,1,20,26H2,2-3,5-13H3/b19-15-,32-18-,33-16+,34-28+,42-39-. The molecule has 238 valence electrons. The SMILES string of the molecule is C#CC(/C(C)=C/C(C)=C\C=C)=C(\C=C/C)C1(C)c2cc(N(c3ccc(C)cc3)C(C)/C(C)=C/C)ccc2C(CCC(C)C)C1C. The summed E-state index contributed by atoms with van der Waals surface area (Å²) >= 11 is 0. The summed E-state index contributed by atoms with van der Waals surface area (Å²) in [4.78, 5) is 2.50. The van der Waals surface area contributed by atoms with Crippen LogP contribution in [0.4, 0.5) is 11.4 Å². The number of nitrogens with zero attached hydrogens (tertiary/aromatic N) is 1. The minimum atomic E-state index is -0.274. The molecule has 4 unspecified atom stereocenters. The maximum atomic E-state index is 6.40. The van der Waals surface area contributed by atoms with E-state index in [1.807, 2.05) is 12.2 Å². The van der Waals surface area contributed by atoms with E-state index in [1.165, 1.54) is 52.1 Å². The summed E-state index contributed by atoms with van der Waals surface area (Å²) in [6.07, 6.45) is 21.5. The van der Waals surface area contributed by atoms with Crippen LogP contribution in [0.2, 0.25) is 0 Å². The summed E-state index contributed by atoms with van der Waals surface area (Å²) in [7, 11) is 0. The fourth-order valence-corrected chi connectivity index (χ4v) is 7.17. The molecule has 0 fully saturated rings. The molecule has 0 aliphatic heterocycles. The molecule has 0 radical (unpaired) electrons. The molecule has 3 rings (SSSR count). The highest BCUT2D eigenvalue weighted by Crippen LogP contribution is 2.58. The third-order valence-corrected chi connectivity index (χ3v) is 10.2. The first-order valence-electron chi connectivity index (χ1n) is 16.8. The summed E-state index contributed by atoms with van der Waals surface area (Å²) in [5, 5.41) is 0. The van der Waals surface area contributed by atoms with Crippen LogP contribution >= 0.6 is 0 Å². The lowest BCUT2D eigenvalue weighted by molar-refractivity contribution is 0.327. The highest BCUT2D eigenvalue weighted by molar-refractivity contribution is 5.70. The molecule has 1 heteroatoms. The molecule has 0 N–H and O–H groups in total. The monoisotopic (exact) mass is 599 g/mol. The summed E-state index contributed by atoms with van der Waals surface area (Å²) < 4.78 is 0. The number of anilines is 2. The van der Waals surface area contributed by atoms with E-state index in [1.54, 1.807) is 0 Å². The molecule has 0 saturated carbocycles. The smallest absolute Gasteiger partial charge is 0.0520 e. The number of aryl methyl sites for hydroxylation is 1. The Bertz CT molecular complexity index is 1540. The highest BCUT2D eigenvalue weighted by Gasteiger charge is 2.49. The van der Waals surface area contributed by atoms with Crippen molar-refractivity contribution in [2.45, 2.75) is 106 Å². The normalized spacial score (nSPS) is 21.9. The Hall–Kier alpha value is -3.76. The first-order chi connectivity index (χ1) is 21.3. The average Bonchev–Trinajstić information content (AvgIpc) is 3.22. The molecule has 4 atom stereocenters. The van der Waals surface area contributed by atoms with Crippen molar-refractivity contribution in [3.05, 3.63) is 130 Å². The minimum absolute atomic E-state index is 0.203. The number of fused-ring (bicyclic) bond motifs is 1. The predicted molar refractivity (Wildman–Crippen MR) is 200 cm³/mol. The van der Waals surface area contributed by atoms with Crippen molar-refractivity contribution in [1.29, 1.82) is 0 Å². The molecule has 2 aromatic carbocycles. The van der Waals surface area contributed by atoms with Gasteiger partial charge in [0.05, 0.1) is 6.04 Å². The van der Waals surface area contributed by atoms with Gasteiger partial charge in [-0.05, 0) is 119 Å². The van der Waals surface area contributed by atoms with E-state index in [2.05, 4.69) is 160 Å². The van der Waals surface area contributed by atoms with Crippen LogP contribution in [0.3, 0.4) is 0 Å². The van der Waals surface area contributed by atoms with Crippen LogP contribution in [0, 0.1) is 31.1 Å². The highest BCUT2D eigenvalue weighted by atomic mass is 15.2. The van der Waals surface area contributed by atoms with Crippen LogP contribution < -0.4 is 4.90 Å². The molecule has 1 aliphatic carbocycles. The number of rotatable bonds is 12. The van der Waals surface area contributed by atoms with Crippen molar-refractivity contribution in [1.82, 2.24) is 0 Å². The second-order valence-electron chi connectivity index (χ2n) is 13.7. The van der Waals surface area contributed by atoms with Gasteiger partial charge < -0.3 is 4.90 Å². The number of hydrogen-bond acceptors (Lipinski definition) is 1. The van der Waals surface area contributed by atoms with Crippen molar-refractivity contribution in [3.8, 4) is 12.3 Å². The Balaban J connectivity index is 2.41. The van der Waals surface area contributed by atoms with Crippen molar-refractivity contribution >= 4 is 11.4 Å².